The molecule has 1 saturated heterocycles. The summed E-state index contributed by atoms with van der Waals surface area (Å²) >= 11 is 0. The lowest BCUT2D eigenvalue weighted by Gasteiger charge is -2.31. The predicted molar refractivity (Wildman–Crippen MR) is 56.4 cm³/mol. The van der Waals surface area contributed by atoms with Gasteiger partial charge in [0.05, 0.1) is 19.3 Å². The third kappa shape index (κ3) is 4.37. The number of nitrogens with zero attached hydrogens (tertiary/aromatic N) is 1. The zero-order chi connectivity index (χ0) is 10.2. The van der Waals surface area contributed by atoms with E-state index in [0.29, 0.717) is 12.7 Å². The number of aliphatic hydroxyl groups is 1. The molecule has 0 atom stereocenters. The number of ether oxygens (including phenoxy) is 1. The van der Waals surface area contributed by atoms with Gasteiger partial charge in [-0.1, -0.05) is 0 Å². The Hall–Kier alpha value is -0.160. The Kier molecular flexibility index (Phi) is 6.10. The maximum absolute atomic E-state index is 8.62. The molecule has 14 heavy (non-hydrogen) atoms. The van der Waals surface area contributed by atoms with Gasteiger partial charge in [0.2, 0.25) is 0 Å². The number of likely N-dealkylation sites (N-methyl/N-ethyl adjacent to an activating group) is 1. The van der Waals surface area contributed by atoms with E-state index in [1.54, 1.807) is 0 Å². The Balaban J connectivity index is 2.05. The summed E-state index contributed by atoms with van der Waals surface area (Å²) in [6.45, 7) is 5.06. The number of aliphatic hydroxyl groups excluding tert-OH is 1. The van der Waals surface area contributed by atoms with Gasteiger partial charge in [-0.2, -0.15) is 0 Å². The van der Waals surface area contributed by atoms with E-state index in [1.807, 2.05) is 7.05 Å². The summed E-state index contributed by atoms with van der Waals surface area (Å²) in [5.74, 6) is 0. The van der Waals surface area contributed by atoms with Crippen LogP contribution in [-0.2, 0) is 4.74 Å². The van der Waals surface area contributed by atoms with Crippen LogP contribution in [0.2, 0.25) is 0 Å². The summed E-state index contributed by atoms with van der Waals surface area (Å²) < 4.78 is 5.49. The van der Waals surface area contributed by atoms with Gasteiger partial charge >= 0.3 is 0 Å². The van der Waals surface area contributed by atoms with Crippen molar-refractivity contribution in [3.63, 3.8) is 0 Å². The molecular weight excluding hydrogens is 180 g/mol. The molecule has 0 aromatic rings. The van der Waals surface area contributed by atoms with Crippen LogP contribution in [-0.4, -0.2) is 62.6 Å². The third-order valence-electron chi connectivity index (χ3n) is 2.66. The van der Waals surface area contributed by atoms with Crippen LogP contribution < -0.4 is 5.32 Å². The predicted octanol–water partition coefficient (Wildman–Crippen LogP) is -0.321. The number of likely N-dealkylation sites (tertiary alicyclic amines) is 1. The fraction of sp³-hybridized carbons (Fsp3) is 1.00. The van der Waals surface area contributed by atoms with E-state index in [4.69, 9.17) is 9.84 Å². The normalized spacial score (nSPS) is 20.1. The molecule has 0 spiro atoms. The second-order valence-electron chi connectivity index (χ2n) is 3.74. The van der Waals surface area contributed by atoms with Crippen molar-refractivity contribution >= 4 is 0 Å². The quantitative estimate of drug-likeness (QED) is 0.619. The Morgan fingerprint density at radius 2 is 2.14 bits per heavy atom. The zero-order valence-corrected chi connectivity index (χ0v) is 9.04. The fourth-order valence-corrected chi connectivity index (χ4v) is 1.79. The van der Waals surface area contributed by atoms with E-state index in [1.165, 1.54) is 0 Å². The van der Waals surface area contributed by atoms with Crippen molar-refractivity contribution in [2.45, 2.75) is 18.9 Å². The molecule has 0 amide bonds. The minimum atomic E-state index is 0.139. The van der Waals surface area contributed by atoms with Crippen LogP contribution in [0.1, 0.15) is 12.8 Å². The first kappa shape index (κ1) is 11.9. The molecule has 0 aliphatic carbocycles. The third-order valence-corrected chi connectivity index (χ3v) is 2.66. The van der Waals surface area contributed by atoms with Crippen molar-refractivity contribution in [3.8, 4) is 0 Å². The number of rotatable bonds is 6. The van der Waals surface area contributed by atoms with Gasteiger partial charge in [0.25, 0.3) is 0 Å². The van der Waals surface area contributed by atoms with Crippen LogP contribution in [0.25, 0.3) is 0 Å². The van der Waals surface area contributed by atoms with E-state index in [9.17, 15) is 0 Å². The first-order chi connectivity index (χ1) is 6.86. The summed E-state index contributed by atoms with van der Waals surface area (Å²) in [4.78, 5) is 2.45. The molecule has 0 unspecified atom stereocenters. The molecule has 1 rings (SSSR count). The summed E-state index contributed by atoms with van der Waals surface area (Å²) in [6, 6.07) is 0. The minimum absolute atomic E-state index is 0.139. The van der Waals surface area contributed by atoms with Crippen molar-refractivity contribution in [3.05, 3.63) is 0 Å². The maximum atomic E-state index is 8.62. The van der Waals surface area contributed by atoms with Gasteiger partial charge in [0.15, 0.2) is 0 Å². The van der Waals surface area contributed by atoms with Crippen molar-refractivity contribution in [2.75, 3.05) is 46.4 Å². The molecule has 1 aliphatic heterocycles. The monoisotopic (exact) mass is 202 g/mol. The van der Waals surface area contributed by atoms with Crippen molar-refractivity contribution < 1.29 is 9.84 Å². The lowest BCUT2D eigenvalue weighted by atomic mass is 10.1. The second-order valence-corrected chi connectivity index (χ2v) is 3.74. The Bertz CT molecular complexity index is 120. The first-order valence-electron chi connectivity index (χ1n) is 5.46. The fourth-order valence-electron chi connectivity index (χ4n) is 1.79. The highest BCUT2D eigenvalue weighted by atomic mass is 16.5. The molecule has 2 N–H and O–H groups in total. The van der Waals surface area contributed by atoms with Crippen molar-refractivity contribution in [2.24, 2.45) is 0 Å². The Morgan fingerprint density at radius 1 is 1.43 bits per heavy atom. The molecule has 4 nitrogen and oxygen atoms in total. The molecule has 0 bridgehead atoms. The van der Waals surface area contributed by atoms with E-state index < -0.39 is 0 Å². The number of hydrogen-bond acceptors (Lipinski definition) is 4. The molecule has 0 saturated carbocycles. The smallest absolute Gasteiger partial charge is 0.0701 e. The average Bonchev–Trinajstić information content (AvgIpc) is 2.25. The van der Waals surface area contributed by atoms with Crippen LogP contribution in [0.15, 0.2) is 0 Å². The maximum Gasteiger partial charge on any atom is 0.0701 e. The molecular formula is C10H22N2O2. The first-order valence-corrected chi connectivity index (χ1v) is 5.46. The molecule has 1 heterocycles. The van der Waals surface area contributed by atoms with E-state index >= 15 is 0 Å². The highest BCUT2D eigenvalue weighted by Crippen LogP contribution is 2.12. The lowest BCUT2D eigenvalue weighted by Crippen LogP contribution is -2.40. The number of hydrogen-bond donors (Lipinski definition) is 2. The minimum Gasteiger partial charge on any atom is -0.394 e. The summed E-state index contributed by atoms with van der Waals surface area (Å²) in [7, 11) is 1.98. The van der Waals surface area contributed by atoms with Crippen LogP contribution in [0.4, 0.5) is 0 Å². The van der Waals surface area contributed by atoms with Gasteiger partial charge in [0.1, 0.15) is 0 Å². The number of nitrogens with one attached hydrogen (secondary N) is 1. The topological polar surface area (TPSA) is 44.7 Å². The van der Waals surface area contributed by atoms with Crippen LogP contribution >= 0.6 is 0 Å². The zero-order valence-electron chi connectivity index (χ0n) is 9.04. The molecule has 0 aromatic carbocycles. The summed E-state index contributed by atoms with van der Waals surface area (Å²) in [6.07, 6.45) is 2.57. The van der Waals surface area contributed by atoms with Crippen molar-refractivity contribution in [1.29, 1.82) is 0 Å². The number of piperidine rings is 1. The van der Waals surface area contributed by atoms with E-state index in [0.717, 1.165) is 39.0 Å². The van der Waals surface area contributed by atoms with Gasteiger partial charge in [0, 0.05) is 26.2 Å². The van der Waals surface area contributed by atoms with E-state index in [2.05, 4.69) is 10.2 Å². The summed E-state index contributed by atoms with van der Waals surface area (Å²) in [5.41, 5.74) is 0. The van der Waals surface area contributed by atoms with Gasteiger partial charge in [-0.25, -0.2) is 0 Å². The lowest BCUT2D eigenvalue weighted by molar-refractivity contribution is -0.00739. The van der Waals surface area contributed by atoms with Crippen LogP contribution in [0.3, 0.4) is 0 Å². The molecule has 84 valence electrons. The average molecular weight is 202 g/mol. The molecule has 0 radical (unpaired) electrons. The highest BCUT2D eigenvalue weighted by molar-refractivity contribution is 4.72. The Morgan fingerprint density at radius 3 is 2.71 bits per heavy atom. The Labute approximate surface area is 86.2 Å². The second kappa shape index (κ2) is 7.17. The van der Waals surface area contributed by atoms with Crippen LogP contribution in [0.5, 0.6) is 0 Å². The molecule has 4 heteroatoms. The molecule has 1 fully saturated rings. The SMILES string of the molecule is CNCCN1CCC(OCCO)CC1. The van der Waals surface area contributed by atoms with Crippen molar-refractivity contribution in [1.82, 2.24) is 10.2 Å². The van der Waals surface area contributed by atoms with Gasteiger partial charge in [-0.3, -0.25) is 0 Å². The van der Waals surface area contributed by atoms with E-state index in [-0.39, 0.29) is 6.61 Å². The van der Waals surface area contributed by atoms with Crippen LogP contribution in [0, 0.1) is 0 Å². The molecule has 0 aromatic heterocycles. The standard InChI is InChI=1S/C10H22N2O2/c1-11-4-7-12-5-2-10(3-6-12)14-9-8-13/h10-11,13H,2-9H2,1H3. The highest BCUT2D eigenvalue weighted by Gasteiger charge is 2.18. The molecule has 1 aliphatic rings. The van der Waals surface area contributed by atoms with Gasteiger partial charge in [-0.15, -0.1) is 0 Å². The van der Waals surface area contributed by atoms with Gasteiger partial charge < -0.3 is 20.1 Å². The summed E-state index contributed by atoms with van der Waals surface area (Å²) in [5, 5.41) is 11.8. The largest absolute Gasteiger partial charge is 0.394 e. The van der Waals surface area contributed by atoms with Gasteiger partial charge in [-0.05, 0) is 19.9 Å².